The van der Waals surface area contributed by atoms with E-state index in [9.17, 15) is 38.9 Å². The number of rotatable bonds is 12. The summed E-state index contributed by atoms with van der Waals surface area (Å²) in [6.45, 7) is 2.77. The first-order valence-corrected chi connectivity index (χ1v) is 22.6. The second-order valence-electron chi connectivity index (χ2n) is 14.0. The van der Waals surface area contributed by atoms with Gasteiger partial charge in [0.15, 0.2) is 0 Å². The third kappa shape index (κ3) is 7.66. The van der Waals surface area contributed by atoms with Crippen LogP contribution < -0.4 is 10.2 Å². The molecule has 284 valence electrons. The molecule has 1 aliphatic carbocycles. The Morgan fingerprint density at radius 2 is 1.52 bits per heavy atom. The lowest BCUT2D eigenvalue weighted by molar-refractivity contribution is -0.854. The SMILES string of the molecule is Cc1ccc2c3c(cccc13)C(/C=C/C1=C(Cl)C(=C/C=c3c4cccc5c(S(=O)(=O)O)ccc(c54)n3CCCS(=O)(=O)O)/CCC1)[NH+]2CCCS(=O)(=O)O. The highest BCUT2D eigenvalue weighted by Crippen LogP contribution is 2.38. The van der Waals surface area contributed by atoms with Crippen LogP contribution in [0.3, 0.4) is 0 Å². The van der Waals surface area contributed by atoms with E-state index in [2.05, 4.69) is 43.3 Å². The maximum atomic E-state index is 12.3. The predicted octanol–water partition coefficient (Wildman–Crippen LogP) is 5.99. The Hall–Kier alpha value is -3.86. The molecule has 0 amide bonds. The van der Waals surface area contributed by atoms with Crippen LogP contribution in [0, 0.1) is 6.92 Å². The molecular formula is C39H40ClN2O9S3+. The average Bonchev–Trinajstić information content (AvgIpc) is 3.56. The molecule has 54 heavy (non-hydrogen) atoms. The fraction of sp³-hybridized carbons (Fsp3) is 0.282. The van der Waals surface area contributed by atoms with Crippen LogP contribution in [0.1, 0.15) is 49.3 Å². The van der Waals surface area contributed by atoms with E-state index >= 15 is 0 Å². The smallest absolute Gasteiger partial charge is 0.295 e. The molecule has 5 aromatic rings. The van der Waals surface area contributed by atoms with Gasteiger partial charge in [-0.05, 0) is 79.0 Å². The van der Waals surface area contributed by atoms with Crippen molar-refractivity contribution in [2.24, 2.45) is 0 Å². The summed E-state index contributed by atoms with van der Waals surface area (Å²) in [4.78, 5) is 0.862. The maximum absolute atomic E-state index is 12.3. The van der Waals surface area contributed by atoms with Crippen LogP contribution in [0.4, 0.5) is 5.69 Å². The highest BCUT2D eigenvalue weighted by molar-refractivity contribution is 7.86. The highest BCUT2D eigenvalue weighted by atomic mass is 35.5. The summed E-state index contributed by atoms with van der Waals surface area (Å²) >= 11 is 7.12. The zero-order valence-corrected chi connectivity index (χ0v) is 32.6. The zero-order valence-electron chi connectivity index (χ0n) is 29.4. The van der Waals surface area contributed by atoms with Crippen molar-refractivity contribution >= 4 is 86.2 Å². The van der Waals surface area contributed by atoms with E-state index in [1.807, 2.05) is 28.9 Å². The van der Waals surface area contributed by atoms with Crippen molar-refractivity contribution in [2.45, 2.75) is 56.5 Å². The number of hydrogen-bond donors (Lipinski definition) is 4. The average molecular weight is 812 g/mol. The lowest BCUT2D eigenvalue weighted by Crippen LogP contribution is -3.06. The number of quaternary nitrogens is 1. The molecule has 0 radical (unpaired) electrons. The van der Waals surface area contributed by atoms with E-state index in [-0.39, 0.29) is 36.1 Å². The monoisotopic (exact) mass is 811 g/mol. The largest absolute Gasteiger partial charge is 0.340 e. The molecule has 2 aliphatic rings. The van der Waals surface area contributed by atoms with Gasteiger partial charge in [0.2, 0.25) is 0 Å². The normalized spacial score (nSPS) is 19.5. The van der Waals surface area contributed by atoms with Gasteiger partial charge < -0.3 is 4.57 Å². The molecule has 0 saturated carbocycles. The number of benzene rings is 4. The molecule has 0 saturated heterocycles. The molecule has 2 atom stereocenters. The Labute approximate surface area is 319 Å². The summed E-state index contributed by atoms with van der Waals surface area (Å²) in [7, 11) is -12.8. The first kappa shape index (κ1) is 38.4. The number of aryl methyl sites for hydroxylation is 2. The highest BCUT2D eigenvalue weighted by Gasteiger charge is 2.35. The first-order valence-electron chi connectivity index (χ1n) is 17.6. The third-order valence-corrected chi connectivity index (χ3v) is 13.5. The van der Waals surface area contributed by atoms with Gasteiger partial charge in [0.05, 0.1) is 23.4 Å². The number of nitrogens with zero attached hydrogens (tertiary/aromatic N) is 1. The third-order valence-electron chi connectivity index (χ3n) is 10.5. The molecule has 0 fully saturated rings. The van der Waals surface area contributed by atoms with Crippen LogP contribution in [0.15, 0.2) is 100.0 Å². The number of hydrogen-bond acceptors (Lipinski definition) is 6. The molecular weight excluding hydrogens is 772 g/mol. The number of nitrogens with one attached hydrogen (secondary N) is 1. The Balaban J connectivity index is 1.28. The molecule has 0 spiro atoms. The van der Waals surface area contributed by atoms with Gasteiger partial charge in [0.1, 0.15) is 16.6 Å². The van der Waals surface area contributed by atoms with Gasteiger partial charge in [0, 0.05) is 56.7 Å². The van der Waals surface area contributed by atoms with Crippen LogP contribution in [0.2, 0.25) is 0 Å². The summed E-state index contributed by atoms with van der Waals surface area (Å²) in [5.41, 5.74) is 5.86. The van der Waals surface area contributed by atoms with Crippen LogP contribution in [0.25, 0.3) is 38.5 Å². The molecule has 4 N–H and O–H groups in total. The first-order chi connectivity index (χ1) is 25.5. The van der Waals surface area contributed by atoms with Gasteiger partial charge in [-0.3, -0.25) is 18.6 Å². The van der Waals surface area contributed by atoms with E-state index in [0.29, 0.717) is 45.0 Å². The Kier molecular flexibility index (Phi) is 10.4. The molecule has 2 unspecified atom stereocenters. The Morgan fingerprint density at radius 3 is 2.26 bits per heavy atom. The van der Waals surface area contributed by atoms with Gasteiger partial charge >= 0.3 is 0 Å². The van der Waals surface area contributed by atoms with Crippen molar-refractivity contribution in [2.75, 3.05) is 18.1 Å². The quantitative estimate of drug-likeness (QED) is 0.111. The van der Waals surface area contributed by atoms with E-state index < -0.39 is 36.1 Å². The fourth-order valence-electron chi connectivity index (χ4n) is 8.14. The Morgan fingerprint density at radius 1 is 0.815 bits per heavy atom. The summed E-state index contributed by atoms with van der Waals surface area (Å²) in [5, 5.41) is 5.23. The van der Waals surface area contributed by atoms with Gasteiger partial charge in [-0.1, -0.05) is 66.2 Å². The van der Waals surface area contributed by atoms with E-state index in [1.54, 1.807) is 18.2 Å². The van der Waals surface area contributed by atoms with Crippen LogP contribution in [-0.4, -0.2) is 61.5 Å². The molecule has 1 aromatic heterocycles. The summed E-state index contributed by atoms with van der Waals surface area (Å²) in [6, 6.07) is 18.4. The van der Waals surface area contributed by atoms with Gasteiger partial charge in [0.25, 0.3) is 30.4 Å². The van der Waals surface area contributed by atoms with E-state index in [4.69, 9.17) is 11.6 Å². The molecule has 1 aliphatic heterocycles. The zero-order chi connectivity index (χ0) is 38.6. The predicted molar refractivity (Wildman–Crippen MR) is 212 cm³/mol. The molecule has 7 rings (SSSR count). The summed E-state index contributed by atoms with van der Waals surface area (Å²) in [6.07, 6.45) is 10.7. The van der Waals surface area contributed by atoms with Crippen molar-refractivity contribution in [3.8, 4) is 0 Å². The van der Waals surface area contributed by atoms with Crippen LogP contribution >= 0.6 is 11.6 Å². The number of allylic oxidation sites excluding steroid dienone is 5. The van der Waals surface area contributed by atoms with Gasteiger partial charge in [-0.15, -0.1) is 0 Å². The van der Waals surface area contributed by atoms with Gasteiger partial charge in [-0.2, -0.15) is 25.3 Å². The minimum atomic E-state index is -4.53. The second kappa shape index (κ2) is 14.7. The van der Waals surface area contributed by atoms with Crippen molar-refractivity contribution < 1.29 is 43.8 Å². The van der Waals surface area contributed by atoms with Crippen molar-refractivity contribution in [1.82, 2.24) is 4.57 Å². The standard InChI is InChI=1S/C39H39ClN2O9S3/c1-25-13-16-34-37-28(25)9-3-10-29(37)32(41(34)21-5-23-52(43,44)45)17-14-26-7-2-8-27(39(26)40)15-18-33-30-11-4-12-31-36(54(49,50)51)20-19-35(38(30)31)42(33)22-6-24-53(46,47)48/h3-4,9-20,32H,2,5-8,21-24H2,1H3,(H,43,44,45)(H,46,47,48)(H,49,50,51)/p+1/b17-14+,27-15+,33-18?. The fourth-order valence-corrected chi connectivity index (χ4v) is 10.1. The van der Waals surface area contributed by atoms with E-state index in [1.165, 1.54) is 6.07 Å². The van der Waals surface area contributed by atoms with Crippen molar-refractivity contribution in [1.29, 1.82) is 0 Å². The summed E-state index contributed by atoms with van der Waals surface area (Å²) in [5.74, 6) is -0.775. The molecule has 4 aromatic carbocycles. The topological polar surface area (TPSA) is 172 Å². The van der Waals surface area contributed by atoms with Crippen molar-refractivity contribution in [3.05, 3.63) is 112 Å². The molecule has 2 heterocycles. The van der Waals surface area contributed by atoms with Crippen molar-refractivity contribution in [3.63, 3.8) is 0 Å². The van der Waals surface area contributed by atoms with E-state index in [0.717, 1.165) is 56.5 Å². The lowest BCUT2D eigenvalue weighted by atomic mass is 9.93. The number of aromatic nitrogens is 1. The van der Waals surface area contributed by atoms with Gasteiger partial charge in [-0.25, -0.2) is 0 Å². The molecule has 11 nitrogen and oxygen atoms in total. The van der Waals surface area contributed by atoms with Crippen LogP contribution in [-0.2, 0) is 36.9 Å². The number of halogens is 1. The minimum Gasteiger partial charge on any atom is -0.340 e. The van der Waals surface area contributed by atoms with Crippen LogP contribution in [0.5, 0.6) is 0 Å². The maximum Gasteiger partial charge on any atom is 0.295 e. The summed E-state index contributed by atoms with van der Waals surface area (Å²) < 4.78 is 101. The minimum absolute atomic E-state index is 0.102. The lowest BCUT2D eigenvalue weighted by Gasteiger charge is -2.21. The molecule has 0 bridgehead atoms. The molecule has 15 heteroatoms. The Bertz CT molecular complexity index is 2820. The second-order valence-corrected chi connectivity index (χ2v) is 18.9.